The number of phenolic OH excluding ortho intramolecular Hbond substituents is 3. The van der Waals surface area contributed by atoms with Crippen molar-refractivity contribution in [2.24, 2.45) is 0 Å². The zero-order valence-corrected chi connectivity index (χ0v) is 16.2. The first kappa shape index (κ1) is 18.7. The average Bonchev–Trinajstić information content (AvgIpc) is 3.14. The minimum Gasteiger partial charge on any atom is -0.507 e. The second kappa shape index (κ2) is 6.48. The number of aryl methyl sites for hydroxylation is 1. The van der Waals surface area contributed by atoms with Gasteiger partial charge in [0.25, 0.3) is 0 Å². The fourth-order valence-corrected chi connectivity index (χ4v) is 3.62. The van der Waals surface area contributed by atoms with Crippen molar-refractivity contribution in [2.75, 3.05) is 7.11 Å². The molecular weight excluding hydrogens is 376 g/mol. The van der Waals surface area contributed by atoms with Crippen LogP contribution in [-0.4, -0.2) is 28.5 Å². The number of phenols is 3. The van der Waals surface area contributed by atoms with Crippen molar-refractivity contribution in [1.29, 1.82) is 0 Å². The van der Waals surface area contributed by atoms with Crippen LogP contribution in [0.25, 0.3) is 22.3 Å². The quantitative estimate of drug-likeness (QED) is 0.457. The second-order valence-electron chi connectivity index (χ2n) is 7.14. The van der Waals surface area contributed by atoms with Crippen molar-refractivity contribution < 1.29 is 29.2 Å². The highest BCUT2D eigenvalue weighted by molar-refractivity contribution is 5.93. The van der Waals surface area contributed by atoms with E-state index in [1.807, 2.05) is 6.92 Å². The van der Waals surface area contributed by atoms with Gasteiger partial charge in [0.15, 0.2) is 17.3 Å². The molecule has 1 atom stereocenters. The Morgan fingerprint density at radius 3 is 2.59 bits per heavy atom. The van der Waals surface area contributed by atoms with Crippen molar-refractivity contribution >= 4 is 11.0 Å². The van der Waals surface area contributed by atoms with E-state index in [0.717, 1.165) is 5.57 Å². The zero-order chi connectivity index (χ0) is 21.0. The molecule has 150 valence electrons. The molecule has 1 unspecified atom stereocenters. The summed E-state index contributed by atoms with van der Waals surface area (Å²) in [5.41, 5.74) is 1.86. The minimum absolute atomic E-state index is 0.0100. The first-order valence-electron chi connectivity index (χ1n) is 8.98. The van der Waals surface area contributed by atoms with Crippen LogP contribution < -0.4 is 14.9 Å². The summed E-state index contributed by atoms with van der Waals surface area (Å²) in [5, 5.41) is 30.3. The van der Waals surface area contributed by atoms with Crippen LogP contribution in [-0.2, 0) is 6.42 Å². The molecule has 1 aromatic heterocycles. The smallest absolute Gasteiger partial charge is 0.239 e. The Labute approximate surface area is 166 Å². The molecule has 0 amide bonds. The Balaban J connectivity index is 2.06. The lowest BCUT2D eigenvalue weighted by atomic mass is 9.99. The summed E-state index contributed by atoms with van der Waals surface area (Å²) in [5.74, 6) is -0.452. The van der Waals surface area contributed by atoms with Crippen LogP contribution in [0.5, 0.6) is 28.7 Å². The molecule has 0 bridgehead atoms. The van der Waals surface area contributed by atoms with Gasteiger partial charge in [0, 0.05) is 23.1 Å². The summed E-state index contributed by atoms with van der Waals surface area (Å²) in [6.45, 7) is 7.49. The molecule has 0 aliphatic carbocycles. The molecule has 3 aromatic rings. The summed E-state index contributed by atoms with van der Waals surface area (Å²) < 4.78 is 17.2. The van der Waals surface area contributed by atoms with Crippen molar-refractivity contribution in [3.8, 4) is 40.1 Å². The topological polar surface area (TPSA) is 109 Å². The predicted molar refractivity (Wildman–Crippen MR) is 107 cm³/mol. The van der Waals surface area contributed by atoms with Crippen molar-refractivity contribution in [3.05, 3.63) is 51.7 Å². The van der Waals surface area contributed by atoms with E-state index in [2.05, 4.69) is 6.58 Å². The number of aromatic hydroxyl groups is 3. The van der Waals surface area contributed by atoms with Gasteiger partial charge in [-0.2, -0.15) is 0 Å². The fraction of sp³-hybridized carbons (Fsp3) is 0.227. The van der Waals surface area contributed by atoms with Gasteiger partial charge in [0.1, 0.15) is 28.6 Å². The van der Waals surface area contributed by atoms with Crippen LogP contribution in [0.1, 0.15) is 18.1 Å². The molecule has 0 fully saturated rings. The molecule has 3 N–H and O–H groups in total. The van der Waals surface area contributed by atoms with Crippen molar-refractivity contribution in [3.63, 3.8) is 0 Å². The summed E-state index contributed by atoms with van der Waals surface area (Å²) in [7, 11) is 1.32. The van der Waals surface area contributed by atoms with Gasteiger partial charge < -0.3 is 29.2 Å². The largest absolute Gasteiger partial charge is 0.507 e. The standard InChI is InChI=1S/C22H20O7/c1-9(2)15-8-12-17(25)16-18(26)22(27-4)21(11-5-6-13(23)14(24)7-11)29-20(16)10(3)19(12)28-15/h5-7,15,23-25H,1,8H2,2-4H3. The van der Waals surface area contributed by atoms with E-state index in [0.29, 0.717) is 28.9 Å². The summed E-state index contributed by atoms with van der Waals surface area (Å²) >= 11 is 0. The molecule has 4 rings (SSSR count). The van der Waals surface area contributed by atoms with Gasteiger partial charge in [-0.25, -0.2) is 0 Å². The monoisotopic (exact) mass is 396 g/mol. The molecule has 0 radical (unpaired) electrons. The Morgan fingerprint density at radius 2 is 1.97 bits per heavy atom. The van der Waals surface area contributed by atoms with Crippen molar-refractivity contribution in [1.82, 2.24) is 0 Å². The summed E-state index contributed by atoms with van der Waals surface area (Å²) in [6, 6.07) is 4.03. The zero-order valence-electron chi connectivity index (χ0n) is 16.2. The van der Waals surface area contributed by atoms with Crippen LogP contribution in [0.15, 0.2) is 39.6 Å². The highest BCUT2D eigenvalue weighted by atomic mass is 16.5. The van der Waals surface area contributed by atoms with Gasteiger partial charge in [-0.1, -0.05) is 6.58 Å². The van der Waals surface area contributed by atoms with Crippen LogP contribution in [0, 0.1) is 6.92 Å². The third-order valence-corrected chi connectivity index (χ3v) is 5.19. The van der Waals surface area contributed by atoms with E-state index in [1.165, 1.54) is 25.3 Å². The van der Waals surface area contributed by atoms with Crippen LogP contribution in [0.2, 0.25) is 0 Å². The minimum atomic E-state index is -0.543. The lowest BCUT2D eigenvalue weighted by molar-refractivity contribution is 0.269. The number of ether oxygens (including phenoxy) is 2. The molecule has 0 saturated carbocycles. The second-order valence-corrected chi connectivity index (χ2v) is 7.14. The highest BCUT2D eigenvalue weighted by Crippen LogP contribution is 2.46. The maximum Gasteiger partial charge on any atom is 0.239 e. The molecule has 2 heterocycles. The molecule has 2 aromatic carbocycles. The van der Waals surface area contributed by atoms with E-state index in [9.17, 15) is 20.1 Å². The number of rotatable bonds is 3. The maximum atomic E-state index is 13.2. The molecule has 29 heavy (non-hydrogen) atoms. The molecule has 7 nitrogen and oxygen atoms in total. The Hall–Kier alpha value is -3.61. The fourth-order valence-electron chi connectivity index (χ4n) is 3.62. The third-order valence-electron chi connectivity index (χ3n) is 5.19. The molecule has 1 aliphatic heterocycles. The van der Waals surface area contributed by atoms with Crippen LogP contribution in [0.3, 0.4) is 0 Å². The Bertz CT molecular complexity index is 1240. The maximum absolute atomic E-state index is 13.2. The third kappa shape index (κ3) is 2.69. The molecular formula is C22H20O7. The number of fused-ring (bicyclic) bond motifs is 2. The molecule has 1 aliphatic rings. The summed E-state index contributed by atoms with van der Waals surface area (Å²) in [4.78, 5) is 13.2. The molecule has 7 heteroatoms. The van der Waals surface area contributed by atoms with Gasteiger partial charge in [-0.15, -0.1) is 0 Å². The van der Waals surface area contributed by atoms with Gasteiger partial charge in [-0.05, 0) is 37.6 Å². The Morgan fingerprint density at radius 1 is 1.24 bits per heavy atom. The lowest BCUT2D eigenvalue weighted by Gasteiger charge is -2.14. The first-order valence-corrected chi connectivity index (χ1v) is 8.98. The lowest BCUT2D eigenvalue weighted by Crippen LogP contribution is -2.13. The highest BCUT2D eigenvalue weighted by Gasteiger charge is 2.33. The SMILES string of the molecule is C=C(C)C1Cc2c(c(C)c3oc(-c4ccc(O)c(O)c4)c(OC)c(=O)c3c2O)O1. The van der Waals surface area contributed by atoms with Crippen LogP contribution >= 0.6 is 0 Å². The molecule has 0 saturated heterocycles. The average molecular weight is 396 g/mol. The first-order chi connectivity index (χ1) is 13.7. The van der Waals surface area contributed by atoms with E-state index in [-0.39, 0.29) is 45.8 Å². The van der Waals surface area contributed by atoms with Gasteiger partial charge >= 0.3 is 0 Å². The Kier molecular flexibility index (Phi) is 4.19. The van der Waals surface area contributed by atoms with Gasteiger partial charge in [0.2, 0.25) is 11.2 Å². The van der Waals surface area contributed by atoms with Crippen molar-refractivity contribution in [2.45, 2.75) is 26.4 Å². The van der Waals surface area contributed by atoms with E-state index >= 15 is 0 Å². The predicted octanol–water partition coefficient (Wildman–Crippen LogP) is 3.77. The van der Waals surface area contributed by atoms with E-state index in [4.69, 9.17) is 13.9 Å². The van der Waals surface area contributed by atoms with E-state index < -0.39 is 5.43 Å². The summed E-state index contributed by atoms with van der Waals surface area (Å²) in [6.07, 6.45) is 0.111. The van der Waals surface area contributed by atoms with E-state index in [1.54, 1.807) is 6.92 Å². The number of hydrogen-bond donors (Lipinski definition) is 3. The normalized spacial score (nSPS) is 15.2. The number of hydrogen-bond acceptors (Lipinski definition) is 7. The molecule has 0 spiro atoms. The van der Waals surface area contributed by atoms with Gasteiger partial charge in [-0.3, -0.25) is 4.79 Å². The number of methoxy groups -OCH3 is 1. The van der Waals surface area contributed by atoms with Crippen LogP contribution in [0.4, 0.5) is 0 Å². The number of benzene rings is 2. The van der Waals surface area contributed by atoms with Gasteiger partial charge in [0.05, 0.1) is 7.11 Å².